The molecule has 1 aromatic heterocycles. The molecular formula is C19H22N2O5. The van der Waals surface area contributed by atoms with Crippen molar-refractivity contribution < 1.29 is 23.5 Å². The van der Waals surface area contributed by atoms with Gasteiger partial charge in [-0.05, 0) is 30.9 Å². The third-order valence-corrected chi connectivity index (χ3v) is 4.64. The molecule has 1 aliphatic rings. The number of rotatable bonds is 4. The summed E-state index contributed by atoms with van der Waals surface area (Å²) in [6.45, 7) is 1.53. The van der Waals surface area contributed by atoms with Gasteiger partial charge in [-0.25, -0.2) is 9.59 Å². The predicted octanol–water partition coefficient (Wildman–Crippen LogP) is 2.99. The predicted molar refractivity (Wildman–Crippen MR) is 94.6 cm³/mol. The molecule has 0 aliphatic heterocycles. The van der Waals surface area contributed by atoms with Gasteiger partial charge in [0.25, 0.3) is 5.91 Å². The number of ether oxygens (including phenoxy) is 1. The second kappa shape index (κ2) is 8.03. The Labute approximate surface area is 151 Å². The van der Waals surface area contributed by atoms with Gasteiger partial charge in [-0.3, -0.25) is 10.1 Å². The topological polar surface area (TPSA) is 97.6 Å². The van der Waals surface area contributed by atoms with E-state index in [1.165, 1.54) is 0 Å². The van der Waals surface area contributed by atoms with Gasteiger partial charge >= 0.3 is 12.0 Å². The van der Waals surface area contributed by atoms with E-state index in [2.05, 4.69) is 17.6 Å². The van der Waals surface area contributed by atoms with Gasteiger partial charge in [-0.1, -0.05) is 38.0 Å². The van der Waals surface area contributed by atoms with Gasteiger partial charge in [0.2, 0.25) is 5.76 Å². The summed E-state index contributed by atoms with van der Waals surface area (Å²) >= 11 is 0. The van der Waals surface area contributed by atoms with E-state index in [-0.39, 0.29) is 11.8 Å². The van der Waals surface area contributed by atoms with Gasteiger partial charge in [0, 0.05) is 11.4 Å². The van der Waals surface area contributed by atoms with Crippen LogP contribution in [0.15, 0.2) is 34.7 Å². The highest BCUT2D eigenvalue weighted by Crippen LogP contribution is 2.23. The highest BCUT2D eigenvalue weighted by molar-refractivity contribution is 5.97. The molecule has 0 saturated heterocycles. The summed E-state index contributed by atoms with van der Waals surface area (Å²) in [6.07, 6.45) is 4.20. The number of fused-ring (bicyclic) bond motifs is 1. The van der Waals surface area contributed by atoms with E-state index in [0.29, 0.717) is 11.5 Å². The van der Waals surface area contributed by atoms with Crippen LogP contribution < -0.4 is 10.6 Å². The van der Waals surface area contributed by atoms with Crippen LogP contribution in [0.4, 0.5) is 4.79 Å². The number of furan rings is 1. The normalized spacial score (nSPS) is 19.7. The van der Waals surface area contributed by atoms with E-state index in [0.717, 1.165) is 31.1 Å². The van der Waals surface area contributed by atoms with Crippen molar-refractivity contribution in [2.24, 2.45) is 5.92 Å². The Bertz CT molecular complexity index is 780. The minimum atomic E-state index is -0.752. The number of nitrogens with one attached hydrogen (secondary N) is 2. The fourth-order valence-electron chi connectivity index (χ4n) is 3.18. The minimum Gasteiger partial charge on any atom is -0.450 e. The fraction of sp³-hybridized carbons (Fsp3) is 0.421. The Balaban J connectivity index is 1.45. The van der Waals surface area contributed by atoms with Crippen LogP contribution in [-0.4, -0.2) is 30.6 Å². The van der Waals surface area contributed by atoms with Crippen LogP contribution in [0.3, 0.4) is 0 Å². The summed E-state index contributed by atoms with van der Waals surface area (Å²) < 4.78 is 10.3. The molecule has 3 amide bonds. The molecule has 3 rings (SSSR count). The molecule has 1 aliphatic carbocycles. The molecule has 2 N–H and O–H groups in total. The largest absolute Gasteiger partial charge is 0.450 e. The van der Waals surface area contributed by atoms with E-state index >= 15 is 0 Å². The number of carbonyl (C=O) groups excluding carboxylic acids is 3. The van der Waals surface area contributed by atoms with Crippen molar-refractivity contribution in [2.75, 3.05) is 6.61 Å². The number of para-hydroxylation sites is 1. The van der Waals surface area contributed by atoms with Crippen molar-refractivity contribution in [1.29, 1.82) is 0 Å². The molecule has 0 spiro atoms. The number of amides is 3. The summed E-state index contributed by atoms with van der Waals surface area (Å²) in [6, 6.07) is 8.20. The third kappa shape index (κ3) is 4.41. The van der Waals surface area contributed by atoms with Gasteiger partial charge in [-0.2, -0.15) is 0 Å². The lowest BCUT2D eigenvalue weighted by molar-refractivity contribution is -0.123. The Morgan fingerprint density at radius 2 is 1.96 bits per heavy atom. The average Bonchev–Trinajstić information content (AvgIpc) is 3.06. The summed E-state index contributed by atoms with van der Waals surface area (Å²) in [5.41, 5.74) is 0.560. The number of hydrogen-bond acceptors (Lipinski definition) is 5. The van der Waals surface area contributed by atoms with Gasteiger partial charge in [0.05, 0.1) is 0 Å². The molecule has 1 saturated carbocycles. The number of hydrogen-bond donors (Lipinski definition) is 2. The first-order valence-corrected chi connectivity index (χ1v) is 8.79. The zero-order chi connectivity index (χ0) is 18.5. The second-order valence-electron chi connectivity index (χ2n) is 6.61. The number of esters is 1. The van der Waals surface area contributed by atoms with Crippen molar-refractivity contribution in [1.82, 2.24) is 10.6 Å². The smallest absolute Gasteiger partial charge is 0.374 e. The standard InChI is InChI=1S/C19H22N2O5/c1-12-6-2-4-8-14(12)20-19(24)21-17(22)11-25-18(23)16-10-13-7-3-5-9-15(13)26-16/h3,5,7,9-10,12,14H,2,4,6,8,11H2,1H3,(H2,20,21,22,24)/t12-,14+/m0/s1. The minimum absolute atomic E-state index is 0.0134. The molecule has 138 valence electrons. The highest BCUT2D eigenvalue weighted by atomic mass is 16.5. The lowest BCUT2D eigenvalue weighted by atomic mass is 9.86. The van der Waals surface area contributed by atoms with Crippen LogP contribution in [0.25, 0.3) is 11.0 Å². The van der Waals surface area contributed by atoms with Crippen LogP contribution in [0.2, 0.25) is 0 Å². The third-order valence-electron chi connectivity index (χ3n) is 4.64. The zero-order valence-electron chi connectivity index (χ0n) is 14.6. The molecule has 0 radical (unpaired) electrons. The van der Waals surface area contributed by atoms with Crippen molar-refractivity contribution in [3.63, 3.8) is 0 Å². The molecule has 0 unspecified atom stereocenters. The van der Waals surface area contributed by atoms with Gasteiger partial charge in [0.1, 0.15) is 5.58 Å². The molecule has 0 bridgehead atoms. The molecule has 7 nitrogen and oxygen atoms in total. The Hall–Kier alpha value is -2.83. The van der Waals surface area contributed by atoms with Crippen LogP contribution in [0.1, 0.15) is 43.2 Å². The maximum absolute atomic E-state index is 12.0. The first-order chi connectivity index (χ1) is 12.5. The van der Waals surface area contributed by atoms with Gasteiger partial charge in [-0.15, -0.1) is 0 Å². The highest BCUT2D eigenvalue weighted by Gasteiger charge is 2.23. The summed E-state index contributed by atoms with van der Waals surface area (Å²) in [4.78, 5) is 35.7. The first-order valence-electron chi connectivity index (χ1n) is 8.79. The molecule has 2 atom stereocenters. The van der Waals surface area contributed by atoms with Gasteiger partial charge < -0.3 is 14.5 Å². The van der Waals surface area contributed by atoms with Crippen LogP contribution in [0.5, 0.6) is 0 Å². The lowest BCUT2D eigenvalue weighted by Crippen LogP contribution is -2.48. The molecule has 2 aromatic rings. The van der Waals surface area contributed by atoms with Crippen molar-refractivity contribution in [3.8, 4) is 0 Å². The van der Waals surface area contributed by atoms with E-state index in [4.69, 9.17) is 9.15 Å². The van der Waals surface area contributed by atoms with Gasteiger partial charge in [0.15, 0.2) is 6.61 Å². The number of carbonyl (C=O) groups is 3. The van der Waals surface area contributed by atoms with Crippen LogP contribution in [0, 0.1) is 5.92 Å². The van der Waals surface area contributed by atoms with Crippen molar-refractivity contribution in [3.05, 3.63) is 36.1 Å². The zero-order valence-corrected chi connectivity index (χ0v) is 14.6. The number of benzene rings is 1. The summed E-state index contributed by atoms with van der Waals surface area (Å²) in [7, 11) is 0. The molecule has 1 aromatic carbocycles. The molecular weight excluding hydrogens is 336 g/mol. The van der Waals surface area contributed by atoms with E-state index in [9.17, 15) is 14.4 Å². The molecule has 7 heteroatoms. The Morgan fingerprint density at radius 3 is 2.73 bits per heavy atom. The van der Waals surface area contributed by atoms with E-state index in [1.54, 1.807) is 24.3 Å². The second-order valence-corrected chi connectivity index (χ2v) is 6.61. The fourth-order valence-corrected chi connectivity index (χ4v) is 3.18. The Kier molecular flexibility index (Phi) is 5.55. The van der Waals surface area contributed by atoms with Crippen LogP contribution in [-0.2, 0) is 9.53 Å². The SMILES string of the molecule is C[C@H]1CCCC[C@H]1NC(=O)NC(=O)COC(=O)c1cc2ccccc2o1. The van der Waals surface area contributed by atoms with E-state index < -0.39 is 24.5 Å². The van der Waals surface area contributed by atoms with Crippen molar-refractivity contribution >= 4 is 28.9 Å². The maximum Gasteiger partial charge on any atom is 0.374 e. The van der Waals surface area contributed by atoms with Crippen molar-refractivity contribution in [2.45, 2.75) is 38.6 Å². The Morgan fingerprint density at radius 1 is 1.19 bits per heavy atom. The number of imide groups is 1. The van der Waals surface area contributed by atoms with E-state index in [1.807, 2.05) is 6.07 Å². The molecule has 1 fully saturated rings. The molecule has 26 heavy (non-hydrogen) atoms. The maximum atomic E-state index is 12.0. The lowest BCUT2D eigenvalue weighted by Gasteiger charge is -2.29. The average molecular weight is 358 g/mol. The van der Waals surface area contributed by atoms with Crippen LogP contribution >= 0.6 is 0 Å². The monoisotopic (exact) mass is 358 g/mol. The summed E-state index contributed by atoms with van der Waals surface area (Å²) in [5, 5.41) is 5.76. The first kappa shape index (κ1) is 18.0. The summed E-state index contributed by atoms with van der Waals surface area (Å²) in [5.74, 6) is -1.04. The molecule has 1 heterocycles. The quantitative estimate of drug-likeness (QED) is 0.819. The number of urea groups is 1.